The summed E-state index contributed by atoms with van der Waals surface area (Å²) < 4.78 is 5.23. The highest BCUT2D eigenvalue weighted by molar-refractivity contribution is 5.37. The largest absolute Gasteiger partial charge is 0.495 e. The average Bonchev–Trinajstić information content (AvgIpc) is 2.42. The van der Waals surface area contributed by atoms with Crippen molar-refractivity contribution in [2.75, 3.05) is 14.2 Å². The molecule has 0 amide bonds. The summed E-state index contributed by atoms with van der Waals surface area (Å²) in [5.41, 5.74) is 3.63. The SMILES string of the molecule is CNC(c1cncc(OC)c1)c1ccccc1C. The molecule has 1 N–H and O–H groups in total. The Labute approximate surface area is 108 Å². The molecule has 1 atom stereocenters. The van der Waals surface area contributed by atoms with Crippen molar-refractivity contribution in [2.45, 2.75) is 13.0 Å². The maximum atomic E-state index is 5.23. The highest BCUT2D eigenvalue weighted by Crippen LogP contribution is 2.25. The van der Waals surface area contributed by atoms with E-state index in [1.807, 2.05) is 19.3 Å². The molecule has 0 aliphatic heterocycles. The number of nitrogens with one attached hydrogen (secondary N) is 1. The second-order valence-electron chi connectivity index (χ2n) is 4.24. The predicted octanol–water partition coefficient (Wildman–Crippen LogP) is 2.71. The van der Waals surface area contributed by atoms with Crippen molar-refractivity contribution in [2.24, 2.45) is 0 Å². The molecule has 0 radical (unpaired) electrons. The summed E-state index contributed by atoms with van der Waals surface area (Å²) in [7, 11) is 3.61. The Morgan fingerprint density at radius 1 is 1.22 bits per heavy atom. The van der Waals surface area contributed by atoms with Crippen LogP contribution in [-0.4, -0.2) is 19.1 Å². The number of ether oxygens (including phenoxy) is 1. The quantitative estimate of drug-likeness (QED) is 0.895. The second-order valence-corrected chi connectivity index (χ2v) is 4.24. The topological polar surface area (TPSA) is 34.2 Å². The lowest BCUT2D eigenvalue weighted by Gasteiger charge is -2.19. The van der Waals surface area contributed by atoms with Crippen molar-refractivity contribution in [3.8, 4) is 5.75 Å². The fraction of sp³-hybridized carbons (Fsp3) is 0.267. The Bertz CT molecular complexity index is 525. The Morgan fingerprint density at radius 2 is 2.00 bits per heavy atom. The van der Waals surface area contributed by atoms with Gasteiger partial charge in [-0.05, 0) is 36.7 Å². The molecule has 0 aliphatic carbocycles. The maximum Gasteiger partial charge on any atom is 0.137 e. The molecule has 0 spiro atoms. The lowest BCUT2D eigenvalue weighted by Crippen LogP contribution is -2.18. The van der Waals surface area contributed by atoms with E-state index < -0.39 is 0 Å². The van der Waals surface area contributed by atoms with E-state index in [1.54, 1.807) is 13.3 Å². The molecule has 0 saturated carbocycles. The second kappa shape index (κ2) is 5.65. The minimum absolute atomic E-state index is 0.133. The number of nitrogens with zero attached hydrogens (tertiary/aromatic N) is 1. The van der Waals surface area contributed by atoms with E-state index in [9.17, 15) is 0 Å². The molecule has 2 aromatic rings. The molecule has 0 bridgehead atoms. The minimum atomic E-state index is 0.133. The van der Waals surface area contributed by atoms with E-state index in [0.29, 0.717) is 0 Å². The summed E-state index contributed by atoms with van der Waals surface area (Å²) in [5.74, 6) is 0.779. The fourth-order valence-electron chi connectivity index (χ4n) is 2.12. The van der Waals surface area contributed by atoms with Crippen molar-refractivity contribution in [3.05, 3.63) is 59.4 Å². The van der Waals surface area contributed by atoms with Gasteiger partial charge >= 0.3 is 0 Å². The average molecular weight is 242 g/mol. The monoisotopic (exact) mass is 242 g/mol. The lowest BCUT2D eigenvalue weighted by molar-refractivity contribution is 0.411. The van der Waals surface area contributed by atoms with Crippen LogP contribution in [0.3, 0.4) is 0 Å². The maximum absolute atomic E-state index is 5.23. The fourth-order valence-corrected chi connectivity index (χ4v) is 2.12. The number of hydrogen-bond donors (Lipinski definition) is 1. The molecular formula is C15H18N2O. The van der Waals surface area contributed by atoms with Gasteiger partial charge in [0.2, 0.25) is 0 Å². The van der Waals surface area contributed by atoms with Gasteiger partial charge in [-0.25, -0.2) is 0 Å². The van der Waals surface area contributed by atoms with E-state index in [-0.39, 0.29) is 6.04 Å². The number of benzene rings is 1. The van der Waals surface area contributed by atoms with Crippen molar-refractivity contribution in [3.63, 3.8) is 0 Å². The van der Waals surface area contributed by atoms with Gasteiger partial charge in [-0.3, -0.25) is 4.98 Å². The first kappa shape index (κ1) is 12.6. The summed E-state index contributed by atoms with van der Waals surface area (Å²) in [6.45, 7) is 2.12. The van der Waals surface area contributed by atoms with Crippen LogP contribution in [0, 0.1) is 6.92 Å². The Morgan fingerprint density at radius 3 is 2.67 bits per heavy atom. The number of pyridine rings is 1. The lowest BCUT2D eigenvalue weighted by atomic mass is 9.96. The van der Waals surface area contributed by atoms with E-state index in [1.165, 1.54) is 11.1 Å². The van der Waals surface area contributed by atoms with E-state index >= 15 is 0 Å². The van der Waals surface area contributed by atoms with Gasteiger partial charge < -0.3 is 10.1 Å². The number of aromatic nitrogens is 1. The van der Waals surface area contributed by atoms with E-state index in [2.05, 4.69) is 41.5 Å². The molecule has 1 aromatic heterocycles. The first-order chi connectivity index (χ1) is 8.76. The van der Waals surface area contributed by atoms with Crippen LogP contribution in [0.2, 0.25) is 0 Å². The molecule has 3 heteroatoms. The van der Waals surface area contributed by atoms with Crippen molar-refractivity contribution >= 4 is 0 Å². The smallest absolute Gasteiger partial charge is 0.137 e. The third kappa shape index (κ3) is 2.51. The summed E-state index contributed by atoms with van der Waals surface area (Å²) in [6, 6.07) is 10.5. The van der Waals surface area contributed by atoms with Gasteiger partial charge in [-0.15, -0.1) is 0 Å². The molecule has 94 valence electrons. The van der Waals surface area contributed by atoms with Gasteiger partial charge in [0.15, 0.2) is 0 Å². The molecule has 3 nitrogen and oxygen atoms in total. The zero-order valence-electron chi connectivity index (χ0n) is 11.0. The predicted molar refractivity (Wildman–Crippen MR) is 72.9 cm³/mol. The van der Waals surface area contributed by atoms with Crippen LogP contribution in [0.4, 0.5) is 0 Å². The van der Waals surface area contributed by atoms with E-state index in [0.717, 1.165) is 11.3 Å². The van der Waals surface area contributed by atoms with Crippen molar-refractivity contribution in [1.82, 2.24) is 10.3 Å². The van der Waals surface area contributed by atoms with Crippen LogP contribution < -0.4 is 10.1 Å². The molecule has 1 unspecified atom stereocenters. The number of hydrogen-bond acceptors (Lipinski definition) is 3. The van der Waals surface area contributed by atoms with Gasteiger partial charge in [-0.1, -0.05) is 24.3 Å². The highest BCUT2D eigenvalue weighted by atomic mass is 16.5. The van der Waals surface area contributed by atoms with Crippen LogP contribution in [0.5, 0.6) is 5.75 Å². The highest BCUT2D eigenvalue weighted by Gasteiger charge is 2.14. The van der Waals surface area contributed by atoms with Crippen LogP contribution in [-0.2, 0) is 0 Å². The molecule has 2 rings (SSSR count). The molecule has 1 aromatic carbocycles. The van der Waals surface area contributed by atoms with E-state index in [4.69, 9.17) is 4.74 Å². The molecule has 0 saturated heterocycles. The Balaban J connectivity index is 2.42. The molecule has 18 heavy (non-hydrogen) atoms. The van der Waals surface area contributed by atoms with Gasteiger partial charge in [-0.2, -0.15) is 0 Å². The third-order valence-corrected chi connectivity index (χ3v) is 3.09. The first-order valence-electron chi connectivity index (χ1n) is 5.98. The van der Waals surface area contributed by atoms with Gasteiger partial charge in [0.1, 0.15) is 5.75 Å². The molecule has 1 heterocycles. The molecule has 0 fully saturated rings. The standard InChI is InChI=1S/C15H18N2O/c1-11-6-4-5-7-14(11)15(16-2)12-8-13(18-3)10-17-9-12/h4-10,15-16H,1-3H3. The van der Waals surface area contributed by atoms with Crippen LogP contribution in [0.1, 0.15) is 22.7 Å². The summed E-state index contributed by atoms with van der Waals surface area (Å²) in [4.78, 5) is 4.21. The molecule has 0 aliphatic rings. The number of aryl methyl sites for hydroxylation is 1. The zero-order chi connectivity index (χ0) is 13.0. The Kier molecular flexibility index (Phi) is 3.95. The first-order valence-corrected chi connectivity index (χ1v) is 5.98. The normalized spacial score (nSPS) is 12.2. The summed E-state index contributed by atoms with van der Waals surface area (Å²) >= 11 is 0. The van der Waals surface area contributed by atoms with Crippen molar-refractivity contribution in [1.29, 1.82) is 0 Å². The minimum Gasteiger partial charge on any atom is -0.495 e. The molecular weight excluding hydrogens is 224 g/mol. The summed E-state index contributed by atoms with van der Waals surface area (Å²) in [5, 5.41) is 3.33. The van der Waals surface area contributed by atoms with Gasteiger partial charge in [0.25, 0.3) is 0 Å². The number of methoxy groups -OCH3 is 1. The number of rotatable bonds is 4. The Hall–Kier alpha value is -1.87. The summed E-state index contributed by atoms with van der Waals surface area (Å²) in [6.07, 6.45) is 3.59. The zero-order valence-corrected chi connectivity index (χ0v) is 11.0. The van der Waals surface area contributed by atoms with Crippen LogP contribution in [0.15, 0.2) is 42.7 Å². The van der Waals surface area contributed by atoms with Gasteiger partial charge in [0, 0.05) is 6.20 Å². The third-order valence-electron chi connectivity index (χ3n) is 3.09. The van der Waals surface area contributed by atoms with Crippen LogP contribution >= 0.6 is 0 Å². The van der Waals surface area contributed by atoms with Crippen molar-refractivity contribution < 1.29 is 4.74 Å². The van der Waals surface area contributed by atoms with Gasteiger partial charge in [0.05, 0.1) is 19.3 Å². The van der Waals surface area contributed by atoms with Crippen LogP contribution in [0.25, 0.3) is 0 Å².